The van der Waals surface area contributed by atoms with Crippen LogP contribution in [0, 0.1) is 6.92 Å². The monoisotopic (exact) mass is 314 g/mol. The molecule has 0 bridgehead atoms. The topological polar surface area (TPSA) is 0 Å². The van der Waals surface area contributed by atoms with E-state index in [4.69, 9.17) is 0 Å². The Labute approximate surface area is 124 Å². The van der Waals surface area contributed by atoms with Crippen molar-refractivity contribution in [3.8, 4) is 0 Å². The number of alkyl halides is 3. The van der Waals surface area contributed by atoms with Crippen LogP contribution in [0.2, 0.25) is 0 Å². The predicted octanol–water partition coefficient (Wildman–Crippen LogP) is 5.90. The Morgan fingerprint density at radius 1 is 0.850 bits per heavy atom. The van der Waals surface area contributed by atoms with E-state index in [1.165, 1.54) is 5.56 Å². The highest BCUT2D eigenvalue weighted by Crippen LogP contribution is 2.34. The third kappa shape index (κ3) is 5.13. The fraction of sp³-hybridized carbons (Fsp3) is 0.200. The maximum atomic E-state index is 12.1. The summed E-state index contributed by atoms with van der Waals surface area (Å²) in [6.45, 7) is 2.03. The SMILES string of the molecule is Cc1ccc(Sc2ccc(CSC(F)(F)F)cc2)cc1. The van der Waals surface area contributed by atoms with Gasteiger partial charge in [0.25, 0.3) is 0 Å². The molecule has 2 rings (SSSR count). The molecule has 0 heterocycles. The quantitative estimate of drug-likeness (QED) is 0.689. The Hall–Kier alpha value is -1.07. The summed E-state index contributed by atoms with van der Waals surface area (Å²) in [4.78, 5) is 2.14. The van der Waals surface area contributed by atoms with Gasteiger partial charge in [0.15, 0.2) is 0 Å². The number of aryl methyl sites for hydroxylation is 1. The van der Waals surface area contributed by atoms with Gasteiger partial charge in [0, 0.05) is 15.5 Å². The lowest BCUT2D eigenvalue weighted by Crippen LogP contribution is -2.00. The second-order valence-electron chi connectivity index (χ2n) is 4.29. The third-order valence-corrected chi connectivity index (χ3v) is 4.40. The van der Waals surface area contributed by atoms with Crippen molar-refractivity contribution in [2.45, 2.75) is 28.0 Å². The van der Waals surface area contributed by atoms with Crippen molar-refractivity contribution in [3.05, 3.63) is 59.7 Å². The van der Waals surface area contributed by atoms with Crippen molar-refractivity contribution in [3.63, 3.8) is 0 Å². The van der Waals surface area contributed by atoms with Gasteiger partial charge in [-0.3, -0.25) is 0 Å². The van der Waals surface area contributed by atoms with E-state index < -0.39 is 5.51 Å². The van der Waals surface area contributed by atoms with Gasteiger partial charge < -0.3 is 0 Å². The van der Waals surface area contributed by atoms with Crippen LogP contribution >= 0.6 is 23.5 Å². The number of hydrogen-bond acceptors (Lipinski definition) is 2. The molecule has 2 aromatic rings. The van der Waals surface area contributed by atoms with Crippen LogP contribution in [0.4, 0.5) is 13.2 Å². The molecule has 2 aromatic carbocycles. The molecular formula is C15H13F3S2. The Kier molecular flexibility index (Phi) is 5.05. The van der Waals surface area contributed by atoms with Gasteiger partial charge in [-0.2, -0.15) is 13.2 Å². The van der Waals surface area contributed by atoms with Crippen LogP contribution in [0.3, 0.4) is 0 Å². The van der Waals surface area contributed by atoms with Gasteiger partial charge in [-0.05, 0) is 48.5 Å². The normalized spacial score (nSPS) is 11.6. The minimum absolute atomic E-state index is 0.00870. The Morgan fingerprint density at radius 2 is 1.35 bits per heavy atom. The number of halogens is 3. The van der Waals surface area contributed by atoms with Gasteiger partial charge in [0.2, 0.25) is 0 Å². The van der Waals surface area contributed by atoms with E-state index in [1.807, 2.05) is 43.3 Å². The minimum Gasteiger partial charge on any atom is -0.160 e. The Morgan fingerprint density at radius 3 is 1.85 bits per heavy atom. The average Bonchev–Trinajstić information content (AvgIpc) is 2.40. The van der Waals surface area contributed by atoms with E-state index in [0.717, 1.165) is 9.79 Å². The van der Waals surface area contributed by atoms with Crippen molar-refractivity contribution in [2.75, 3.05) is 0 Å². The number of thioether (sulfide) groups is 1. The molecule has 0 amide bonds. The maximum Gasteiger partial charge on any atom is 0.442 e. The molecule has 0 fully saturated rings. The molecule has 0 aromatic heterocycles. The first kappa shape index (κ1) is 15.3. The molecule has 0 nitrogen and oxygen atoms in total. The van der Waals surface area contributed by atoms with Gasteiger partial charge in [0.1, 0.15) is 0 Å². The molecule has 0 saturated carbocycles. The predicted molar refractivity (Wildman–Crippen MR) is 79.1 cm³/mol. The first-order valence-corrected chi connectivity index (χ1v) is 7.77. The summed E-state index contributed by atoms with van der Waals surface area (Å²) in [7, 11) is 0. The van der Waals surface area contributed by atoms with Crippen LogP contribution in [0.5, 0.6) is 0 Å². The lowest BCUT2D eigenvalue weighted by atomic mass is 10.2. The molecule has 0 atom stereocenters. The molecule has 20 heavy (non-hydrogen) atoms. The lowest BCUT2D eigenvalue weighted by Gasteiger charge is -2.06. The number of rotatable bonds is 4. The Balaban J connectivity index is 1.96. The number of hydrogen-bond donors (Lipinski definition) is 0. The van der Waals surface area contributed by atoms with E-state index >= 15 is 0 Å². The van der Waals surface area contributed by atoms with Gasteiger partial charge in [-0.15, -0.1) is 0 Å². The lowest BCUT2D eigenvalue weighted by molar-refractivity contribution is -0.0329. The van der Waals surface area contributed by atoms with Gasteiger partial charge in [-0.25, -0.2) is 0 Å². The zero-order valence-corrected chi connectivity index (χ0v) is 12.4. The molecule has 0 unspecified atom stereocenters. The zero-order chi connectivity index (χ0) is 14.6. The largest absolute Gasteiger partial charge is 0.442 e. The summed E-state index contributed by atoms with van der Waals surface area (Å²) in [5.41, 5.74) is -2.29. The van der Waals surface area contributed by atoms with Crippen molar-refractivity contribution >= 4 is 23.5 Å². The van der Waals surface area contributed by atoms with E-state index in [9.17, 15) is 13.2 Å². The zero-order valence-electron chi connectivity index (χ0n) is 10.8. The van der Waals surface area contributed by atoms with Crippen molar-refractivity contribution in [2.24, 2.45) is 0 Å². The molecule has 0 saturated heterocycles. The highest BCUT2D eigenvalue weighted by Gasteiger charge is 2.27. The van der Waals surface area contributed by atoms with E-state index in [-0.39, 0.29) is 17.5 Å². The molecule has 0 aliphatic carbocycles. The molecule has 0 aliphatic heterocycles. The fourth-order valence-corrected chi connectivity index (χ4v) is 2.90. The fourth-order valence-electron chi connectivity index (χ4n) is 1.56. The molecule has 0 radical (unpaired) electrons. The van der Waals surface area contributed by atoms with Gasteiger partial charge >= 0.3 is 5.51 Å². The second kappa shape index (κ2) is 6.59. The van der Waals surface area contributed by atoms with Gasteiger partial charge in [-0.1, -0.05) is 41.6 Å². The van der Waals surface area contributed by atoms with E-state index in [2.05, 4.69) is 0 Å². The summed E-state index contributed by atoms with van der Waals surface area (Å²) in [6, 6.07) is 15.4. The smallest absolute Gasteiger partial charge is 0.160 e. The number of benzene rings is 2. The van der Waals surface area contributed by atoms with Crippen LogP contribution in [0.15, 0.2) is 58.3 Å². The van der Waals surface area contributed by atoms with Crippen molar-refractivity contribution in [1.29, 1.82) is 0 Å². The van der Waals surface area contributed by atoms with Crippen molar-refractivity contribution in [1.82, 2.24) is 0 Å². The first-order valence-electron chi connectivity index (χ1n) is 5.96. The Bertz CT molecular complexity index is 545. The molecule has 0 aliphatic rings. The van der Waals surface area contributed by atoms with Crippen LogP contribution in [0.25, 0.3) is 0 Å². The summed E-state index contributed by atoms with van der Waals surface area (Å²) in [5.74, 6) is -0.0427. The second-order valence-corrected chi connectivity index (χ2v) is 6.48. The highest BCUT2D eigenvalue weighted by molar-refractivity contribution is 7.99. The summed E-state index contributed by atoms with van der Waals surface area (Å²) < 4.78 is 36.3. The maximum absolute atomic E-state index is 12.1. The van der Waals surface area contributed by atoms with E-state index in [1.54, 1.807) is 23.9 Å². The summed E-state index contributed by atoms with van der Waals surface area (Å²) >= 11 is 1.59. The standard InChI is InChI=1S/C15H13F3S2/c1-11-2-6-13(7-3-11)20-14-8-4-12(5-9-14)10-19-15(16,17)18/h2-9H,10H2,1H3. The summed E-state index contributed by atoms with van der Waals surface area (Å²) in [5, 5.41) is 0. The average molecular weight is 314 g/mol. The van der Waals surface area contributed by atoms with Crippen LogP contribution < -0.4 is 0 Å². The van der Waals surface area contributed by atoms with Gasteiger partial charge in [0.05, 0.1) is 0 Å². The van der Waals surface area contributed by atoms with E-state index in [0.29, 0.717) is 5.56 Å². The molecular weight excluding hydrogens is 301 g/mol. The third-order valence-electron chi connectivity index (χ3n) is 2.58. The molecule has 0 spiro atoms. The highest BCUT2D eigenvalue weighted by atomic mass is 32.2. The molecule has 0 N–H and O–H groups in total. The summed E-state index contributed by atoms with van der Waals surface area (Å²) in [6.07, 6.45) is 0. The van der Waals surface area contributed by atoms with Crippen molar-refractivity contribution < 1.29 is 13.2 Å². The van der Waals surface area contributed by atoms with Crippen LogP contribution in [-0.4, -0.2) is 5.51 Å². The molecule has 106 valence electrons. The molecule has 5 heteroatoms. The first-order chi connectivity index (χ1) is 9.42. The van der Waals surface area contributed by atoms with Crippen LogP contribution in [-0.2, 0) is 5.75 Å². The minimum atomic E-state index is -4.17. The van der Waals surface area contributed by atoms with Crippen LogP contribution in [0.1, 0.15) is 11.1 Å².